The van der Waals surface area contributed by atoms with Gasteiger partial charge in [0.2, 0.25) is 15.9 Å². The summed E-state index contributed by atoms with van der Waals surface area (Å²) >= 11 is 0. The monoisotopic (exact) mass is 354 g/mol. The van der Waals surface area contributed by atoms with Crippen molar-refractivity contribution in [3.63, 3.8) is 0 Å². The summed E-state index contributed by atoms with van der Waals surface area (Å²) in [5.74, 6) is -1.03. The van der Waals surface area contributed by atoms with Gasteiger partial charge in [-0.2, -0.15) is 4.31 Å². The lowest BCUT2D eigenvalue weighted by Crippen LogP contribution is -2.46. The molecule has 0 bridgehead atoms. The molecule has 7 nitrogen and oxygen atoms in total. The lowest BCUT2D eigenvalue weighted by atomic mass is 10.1. The predicted octanol–water partition coefficient (Wildman–Crippen LogP) is 1.16. The minimum Gasteiger partial charge on any atom is -0.480 e. The number of carbonyl (C=O) groups excluding carboxylic acids is 1. The van der Waals surface area contributed by atoms with Crippen LogP contribution in [-0.4, -0.2) is 48.8 Å². The molecule has 1 atom stereocenters. The van der Waals surface area contributed by atoms with Crippen LogP contribution < -0.4 is 5.32 Å². The van der Waals surface area contributed by atoms with Crippen LogP contribution >= 0.6 is 0 Å². The Morgan fingerprint density at radius 2 is 1.88 bits per heavy atom. The summed E-state index contributed by atoms with van der Waals surface area (Å²) in [5.41, 5.74) is 1.10. The number of benzene rings is 1. The fourth-order valence-electron chi connectivity index (χ4n) is 2.45. The van der Waals surface area contributed by atoms with Crippen molar-refractivity contribution < 1.29 is 23.1 Å². The number of carboxylic acid groups (broad SMARTS) is 1. The summed E-state index contributed by atoms with van der Waals surface area (Å²) in [6, 6.07) is 5.36. The van der Waals surface area contributed by atoms with Gasteiger partial charge in [0, 0.05) is 20.0 Å². The maximum Gasteiger partial charge on any atom is 0.321 e. The van der Waals surface area contributed by atoms with Crippen molar-refractivity contribution in [2.75, 3.05) is 13.1 Å². The SMILES string of the molecule is CC(=O)NCCN(C(C)C(=O)O)S(=O)(=O)c1ccc(C2CC2)cc1. The van der Waals surface area contributed by atoms with Gasteiger partial charge in [0.1, 0.15) is 6.04 Å². The Labute approximate surface area is 141 Å². The predicted molar refractivity (Wildman–Crippen MR) is 88.1 cm³/mol. The maximum absolute atomic E-state index is 12.8. The standard InChI is InChI=1S/C16H22N2O5S/c1-11(16(20)21)18(10-9-17-12(2)19)24(22,23)15-7-5-14(6-8-15)13-3-4-13/h5-8,11,13H,3-4,9-10H2,1-2H3,(H,17,19)(H,20,21). The third-order valence-corrected chi connectivity index (χ3v) is 6.02. The Balaban J connectivity index is 2.23. The second-order valence-corrected chi connectivity index (χ2v) is 7.85. The van der Waals surface area contributed by atoms with Crippen LogP contribution in [-0.2, 0) is 19.6 Å². The molecule has 1 aromatic carbocycles. The molecule has 0 saturated heterocycles. The van der Waals surface area contributed by atoms with E-state index in [1.807, 2.05) is 0 Å². The normalized spacial score (nSPS) is 16.0. The Bertz CT molecular complexity index is 710. The van der Waals surface area contributed by atoms with E-state index >= 15 is 0 Å². The number of nitrogens with zero attached hydrogens (tertiary/aromatic N) is 1. The van der Waals surface area contributed by atoms with E-state index in [2.05, 4.69) is 5.32 Å². The zero-order chi connectivity index (χ0) is 17.9. The second-order valence-electron chi connectivity index (χ2n) is 5.96. The fraction of sp³-hybridized carbons (Fsp3) is 0.500. The third kappa shape index (κ3) is 4.33. The van der Waals surface area contributed by atoms with Gasteiger partial charge >= 0.3 is 5.97 Å². The van der Waals surface area contributed by atoms with Crippen molar-refractivity contribution in [3.05, 3.63) is 29.8 Å². The first-order valence-corrected chi connectivity index (χ1v) is 9.26. The molecule has 2 N–H and O–H groups in total. The topological polar surface area (TPSA) is 104 Å². The molecule has 0 aliphatic heterocycles. The molecule has 8 heteroatoms. The average Bonchev–Trinajstić information content (AvgIpc) is 3.35. The minimum atomic E-state index is -3.96. The molecule has 1 fully saturated rings. The van der Waals surface area contributed by atoms with Gasteiger partial charge in [0.25, 0.3) is 0 Å². The van der Waals surface area contributed by atoms with Crippen LogP contribution in [0.5, 0.6) is 0 Å². The molecular formula is C16H22N2O5S. The number of sulfonamides is 1. The highest BCUT2D eigenvalue weighted by atomic mass is 32.2. The molecule has 24 heavy (non-hydrogen) atoms. The number of amides is 1. The van der Waals surface area contributed by atoms with Crippen LogP contribution in [0.3, 0.4) is 0 Å². The number of carbonyl (C=O) groups is 2. The number of hydrogen-bond acceptors (Lipinski definition) is 4. The van der Waals surface area contributed by atoms with Crippen LogP contribution in [0.1, 0.15) is 38.2 Å². The lowest BCUT2D eigenvalue weighted by Gasteiger charge is -2.25. The average molecular weight is 354 g/mol. The molecule has 1 saturated carbocycles. The lowest BCUT2D eigenvalue weighted by molar-refractivity contribution is -0.140. The highest BCUT2D eigenvalue weighted by Gasteiger charge is 2.33. The van der Waals surface area contributed by atoms with Crippen LogP contribution in [0.15, 0.2) is 29.2 Å². The molecule has 0 radical (unpaired) electrons. The highest BCUT2D eigenvalue weighted by molar-refractivity contribution is 7.89. The smallest absolute Gasteiger partial charge is 0.321 e. The summed E-state index contributed by atoms with van der Waals surface area (Å²) in [6.45, 7) is 2.56. The van der Waals surface area contributed by atoms with Crippen molar-refractivity contribution in [2.45, 2.75) is 43.5 Å². The first-order valence-electron chi connectivity index (χ1n) is 7.82. The summed E-state index contributed by atoms with van der Waals surface area (Å²) in [6.07, 6.45) is 2.23. The van der Waals surface area contributed by atoms with Crippen LogP contribution in [0.2, 0.25) is 0 Å². The molecular weight excluding hydrogens is 332 g/mol. The molecule has 1 aliphatic rings. The highest BCUT2D eigenvalue weighted by Crippen LogP contribution is 2.40. The number of nitrogens with one attached hydrogen (secondary N) is 1. The maximum atomic E-state index is 12.8. The summed E-state index contributed by atoms with van der Waals surface area (Å²) in [5, 5.41) is 11.7. The van der Waals surface area contributed by atoms with Crippen molar-refractivity contribution in [3.8, 4) is 0 Å². The largest absolute Gasteiger partial charge is 0.480 e. The van der Waals surface area contributed by atoms with E-state index in [0.29, 0.717) is 5.92 Å². The van der Waals surface area contributed by atoms with Gasteiger partial charge in [-0.15, -0.1) is 0 Å². The molecule has 0 heterocycles. The van der Waals surface area contributed by atoms with Crippen molar-refractivity contribution >= 4 is 21.9 Å². The van der Waals surface area contributed by atoms with Crippen LogP contribution in [0.4, 0.5) is 0 Å². The number of rotatable bonds is 8. The van der Waals surface area contributed by atoms with E-state index in [1.165, 1.54) is 26.0 Å². The van der Waals surface area contributed by atoms with E-state index in [0.717, 1.165) is 22.7 Å². The van der Waals surface area contributed by atoms with Crippen LogP contribution in [0, 0.1) is 0 Å². The zero-order valence-corrected chi connectivity index (χ0v) is 14.5. The Morgan fingerprint density at radius 1 is 1.29 bits per heavy atom. The zero-order valence-electron chi connectivity index (χ0n) is 13.7. The van der Waals surface area contributed by atoms with E-state index < -0.39 is 22.0 Å². The summed E-state index contributed by atoms with van der Waals surface area (Å²) in [7, 11) is -3.96. The summed E-state index contributed by atoms with van der Waals surface area (Å²) < 4.78 is 26.5. The third-order valence-electron chi connectivity index (χ3n) is 4.03. The molecule has 1 aromatic rings. The van der Waals surface area contributed by atoms with Gasteiger partial charge in [-0.25, -0.2) is 8.42 Å². The molecule has 0 aromatic heterocycles. The molecule has 1 unspecified atom stereocenters. The Morgan fingerprint density at radius 3 is 2.33 bits per heavy atom. The van der Waals surface area contributed by atoms with Gasteiger partial charge < -0.3 is 10.4 Å². The van der Waals surface area contributed by atoms with E-state index in [-0.39, 0.29) is 23.9 Å². The van der Waals surface area contributed by atoms with E-state index in [4.69, 9.17) is 0 Å². The quantitative estimate of drug-likeness (QED) is 0.729. The molecule has 1 amide bonds. The second kappa shape index (κ2) is 7.31. The fourth-order valence-corrected chi connectivity index (χ4v) is 4.04. The first kappa shape index (κ1) is 18.4. The van der Waals surface area contributed by atoms with Gasteiger partial charge in [0.15, 0.2) is 0 Å². The van der Waals surface area contributed by atoms with Gasteiger partial charge in [-0.1, -0.05) is 12.1 Å². The molecule has 0 spiro atoms. The van der Waals surface area contributed by atoms with Crippen molar-refractivity contribution in [2.24, 2.45) is 0 Å². The van der Waals surface area contributed by atoms with Gasteiger partial charge in [-0.3, -0.25) is 9.59 Å². The van der Waals surface area contributed by atoms with Crippen molar-refractivity contribution in [1.82, 2.24) is 9.62 Å². The first-order chi connectivity index (χ1) is 11.2. The van der Waals surface area contributed by atoms with Crippen LogP contribution in [0.25, 0.3) is 0 Å². The van der Waals surface area contributed by atoms with Gasteiger partial charge in [0.05, 0.1) is 4.90 Å². The summed E-state index contributed by atoms with van der Waals surface area (Å²) in [4.78, 5) is 22.3. The Hall–Kier alpha value is -1.93. The van der Waals surface area contributed by atoms with Crippen molar-refractivity contribution in [1.29, 1.82) is 0 Å². The molecule has 2 rings (SSSR count). The van der Waals surface area contributed by atoms with Gasteiger partial charge in [-0.05, 0) is 43.4 Å². The van der Waals surface area contributed by atoms with E-state index in [9.17, 15) is 23.1 Å². The number of carboxylic acids is 1. The number of hydrogen-bond donors (Lipinski definition) is 2. The minimum absolute atomic E-state index is 0.0480. The van der Waals surface area contributed by atoms with E-state index in [1.54, 1.807) is 12.1 Å². The number of aliphatic carboxylic acids is 1. The Kier molecular flexibility index (Phi) is 5.61. The molecule has 132 valence electrons. The molecule has 1 aliphatic carbocycles.